The van der Waals surface area contributed by atoms with Gasteiger partial charge < -0.3 is 10.1 Å². The molecule has 0 fully saturated rings. The molecule has 2 rings (SSSR count). The summed E-state index contributed by atoms with van der Waals surface area (Å²) >= 11 is 0. The standard InChI is InChI=1S/C13H17FN4O/c1-10(7-19-2)6-16-11-3-4-13(12(14)5-11)18-9-15-8-17-18/h3-5,8-10,16H,6-7H2,1-2H3. The van der Waals surface area contributed by atoms with Gasteiger partial charge in [-0.2, -0.15) is 5.10 Å². The van der Waals surface area contributed by atoms with E-state index in [0.717, 1.165) is 12.2 Å². The number of ether oxygens (including phenoxy) is 1. The molecule has 0 aliphatic heterocycles. The van der Waals surface area contributed by atoms with Gasteiger partial charge in [-0.1, -0.05) is 6.92 Å². The SMILES string of the molecule is COCC(C)CNc1ccc(-n2cncn2)c(F)c1. The first-order valence-corrected chi connectivity index (χ1v) is 6.08. The molecule has 0 radical (unpaired) electrons. The van der Waals surface area contributed by atoms with Crippen molar-refractivity contribution in [2.75, 3.05) is 25.6 Å². The summed E-state index contributed by atoms with van der Waals surface area (Å²) in [6.07, 6.45) is 2.84. The van der Waals surface area contributed by atoms with E-state index < -0.39 is 0 Å². The molecule has 102 valence electrons. The number of halogens is 1. The lowest BCUT2D eigenvalue weighted by molar-refractivity contribution is 0.164. The molecule has 1 heterocycles. The van der Waals surface area contributed by atoms with Gasteiger partial charge in [0.05, 0.1) is 6.61 Å². The maximum atomic E-state index is 13.9. The van der Waals surface area contributed by atoms with E-state index in [4.69, 9.17) is 4.74 Å². The highest BCUT2D eigenvalue weighted by atomic mass is 19.1. The summed E-state index contributed by atoms with van der Waals surface area (Å²) in [5, 5.41) is 7.08. The largest absolute Gasteiger partial charge is 0.385 e. The van der Waals surface area contributed by atoms with Gasteiger partial charge >= 0.3 is 0 Å². The van der Waals surface area contributed by atoms with Crippen molar-refractivity contribution in [2.45, 2.75) is 6.92 Å². The minimum Gasteiger partial charge on any atom is -0.385 e. The molecular formula is C13H17FN4O. The Hall–Kier alpha value is -1.95. The van der Waals surface area contributed by atoms with E-state index >= 15 is 0 Å². The van der Waals surface area contributed by atoms with Crippen molar-refractivity contribution >= 4 is 5.69 Å². The monoisotopic (exact) mass is 264 g/mol. The second kappa shape index (κ2) is 6.29. The summed E-state index contributed by atoms with van der Waals surface area (Å²) in [4.78, 5) is 3.80. The van der Waals surface area contributed by atoms with E-state index in [2.05, 4.69) is 22.3 Å². The van der Waals surface area contributed by atoms with Crippen LogP contribution < -0.4 is 5.32 Å². The van der Waals surface area contributed by atoms with E-state index in [1.165, 1.54) is 23.4 Å². The van der Waals surface area contributed by atoms with E-state index in [-0.39, 0.29) is 5.82 Å². The highest BCUT2D eigenvalue weighted by Gasteiger charge is 2.07. The molecule has 6 heteroatoms. The number of rotatable bonds is 6. The lowest BCUT2D eigenvalue weighted by atomic mass is 10.2. The van der Waals surface area contributed by atoms with Gasteiger partial charge in [-0.15, -0.1) is 0 Å². The third kappa shape index (κ3) is 3.51. The van der Waals surface area contributed by atoms with Crippen LogP contribution in [0.4, 0.5) is 10.1 Å². The molecule has 1 N–H and O–H groups in total. The Kier molecular flexibility index (Phi) is 4.46. The summed E-state index contributed by atoms with van der Waals surface area (Å²) in [6, 6.07) is 4.95. The maximum Gasteiger partial charge on any atom is 0.150 e. The molecule has 0 spiro atoms. The first kappa shape index (κ1) is 13.5. The predicted octanol–water partition coefficient (Wildman–Crippen LogP) is 2.10. The van der Waals surface area contributed by atoms with Gasteiger partial charge in [0.15, 0.2) is 5.82 Å². The number of anilines is 1. The highest BCUT2D eigenvalue weighted by Crippen LogP contribution is 2.17. The van der Waals surface area contributed by atoms with Crippen molar-refractivity contribution in [2.24, 2.45) is 5.92 Å². The number of nitrogens with zero attached hydrogens (tertiary/aromatic N) is 3. The maximum absolute atomic E-state index is 13.9. The zero-order valence-electron chi connectivity index (χ0n) is 11.0. The van der Waals surface area contributed by atoms with Crippen LogP contribution in [0.2, 0.25) is 0 Å². The van der Waals surface area contributed by atoms with Crippen LogP contribution in [-0.4, -0.2) is 35.0 Å². The van der Waals surface area contributed by atoms with Gasteiger partial charge in [0.1, 0.15) is 18.3 Å². The zero-order valence-corrected chi connectivity index (χ0v) is 11.0. The summed E-state index contributed by atoms with van der Waals surface area (Å²) in [6.45, 7) is 3.47. The molecular weight excluding hydrogens is 247 g/mol. The van der Waals surface area contributed by atoms with E-state index in [0.29, 0.717) is 18.2 Å². The fourth-order valence-electron chi connectivity index (χ4n) is 1.77. The first-order chi connectivity index (χ1) is 9.20. The van der Waals surface area contributed by atoms with Crippen molar-refractivity contribution in [1.29, 1.82) is 0 Å². The average Bonchev–Trinajstić information content (AvgIpc) is 2.90. The van der Waals surface area contributed by atoms with Crippen LogP contribution in [0.3, 0.4) is 0 Å². The lowest BCUT2D eigenvalue weighted by Crippen LogP contribution is -2.16. The molecule has 1 atom stereocenters. The van der Waals surface area contributed by atoms with Crippen molar-refractivity contribution in [3.8, 4) is 5.69 Å². The Morgan fingerprint density at radius 1 is 1.47 bits per heavy atom. The molecule has 0 amide bonds. The van der Waals surface area contributed by atoms with Crippen molar-refractivity contribution in [3.63, 3.8) is 0 Å². The van der Waals surface area contributed by atoms with Crippen LogP contribution in [0.15, 0.2) is 30.9 Å². The number of aromatic nitrogens is 3. The molecule has 0 aliphatic rings. The lowest BCUT2D eigenvalue weighted by Gasteiger charge is -2.13. The van der Waals surface area contributed by atoms with Gasteiger partial charge in [0, 0.05) is 19.3 Å². The Balaban J connectivity index is 2.03. The molecule has 2 aromatic rings. The van der Waals surface area contributed by atoms with Gasteiger partial charge in [-0.25, -0.2) is 14.1 Å². The molecule has 1 unspecified atom stereocenters. The van der Waals surface area contributed by atoms with Gasteiger partial charge in [0.25, 0.3) is 0 Å². The van der Waals surface area contributed by atoms with E-state index in [1.807, 2.05) is 6.07 Å². The molecule has 5 nitrogen and oxygen atoms in total. The quantitative estimate of drug-likeness (QED) is 0.868. The Morgan fingerprint density at radius 3 is 2.95 bits per heavy atom. The second-order valence-corrected chi connectivity index (χ2v) is 4.45. The van der Waals surface area contributed by atoms with E-state index in [1.54, 1.807) is 13.2 Å². The van der Waals surface area contributed by atoms with Crippen LogP contribution in [0.25, 0.3) is 5.69 Å². The molecule has 0 aliphatic carbocycles. The van der Waals surface area contributed by atoms with Crippen LogP contribution in [-0.2, 0) is 4.74 Å². The third-order valence-corrected chi connectivity index (χ3v) is 2.72. The minimum atomic E-state index is -0.338. The molecule has 19 heavy (non-hydrogen) atoms. The highest BCUT2D eigenvalue weighted by molar-refractivity contribution is 5.49. The van der Waals surface area contributed by atoms with Gasteiger partial charge in [-0.05, 0) is 24.1 Å². The number of nitrogens with one attached hydrogen (secondary N) is 1. The van der Waals surface area contributed by atoms with E-state index in [9.17, 15) is 4.39 Å². The van der Waals surface area contributed by atoms with Crippen LogP contribution in [0.1, 0.15) is 6.92 Å². The molecule has 1 aromatic heterocycles. The summed E-state index contributed by atoms with van der Waals surface area (Å²) < 4.78 is 20.4. The molecule has 0 bridgehead atoms. The normalized spacial score (nSPS) is 12.4. The van der Waals surface area contributed by atoms with Crippen LogP contribution in [0.5, 0.6) is 0 Å². The van der Waals surface area contributed by atoms with Crippen LogP contribution >= 0.6 is 0 Å². The zero-order chi connectivity index (χ0) is 13.7. The number of hydrogen-bond acceptors (Lipinski definition) is 4. The fraction of sp³-hybridized carbons (Fsp3) is 0.385. The molecule has 0 saturated heterocycles. The number of hydrogen-bond donors (Lipinski definition) is 1. The van der Waals surface area contributed by atoms with Crippen molar-refractivity contribution < 1.29 is 9.13 Å². The summed E-state index contributed by atoms with van der Waals surface area (Å²) in [5.41, 5.74) is 1.12. The predicted molar refractivity (Wildman–Crippen MR) is 70.8 cm³/mol. The molecule has 1 aromatic carbocycles. The fourth-order valence-corrected chi connectivity index (χ4v) is 1.77. The minimum absolute atomic E-state index is 0.338. The molecule has 0 saturated carbocycles. The average molecular weight is 264 g/mol. The summed E-state index contributed by atoms with van der Waals surface area (Å²) in [7, 11) is 1.67. The number of benzene rings is 1. The Labute approximate surface area is 111 Å². The third-order valence-electron chi connectivity index (χ3n) is 2.72. The van der Waals surface area contributed by atoms with Gasteiger partial charge in [0.2, 0.25) is 0 Å². The van der Waals surface area contributed by atoms with Crippen LogP contribution in [0, 0.1) is 11.7 Å². The van der Waals surface area contributed by atoms with Crippen molar-refractivity contribution in [3.05, 3.63) is 36.7 Å². The number of methoxy groups -OCH3 is 1. The van der Waals surface area contributed by atoms with Gasteiger partial charge in [-0.3, -0.25) is 0 Å². The Morgan fingerprint density at radius 2 is 2.32 bits per heavy atom. The first-order valence-electron chi connectivity index (χ1n) is 6.08. The summed E-state index contributed by atoms with van der Waals surface area (Å²) in [5.74, 6) is 0.0259. The second-order valence-electron chi connectivity index (χ2n) is 4.45. The van der Waals surface area contributed by atoms with Crippen molar-refractivity contribution in [1.82, 2.24) is 14.8 Å². The Bertz CT molecular complexity index is 515. The smallest absolute Gasteiger partial charge is 0.150 e. The topological polar surface area (TPSA) is 52.0 Å².